The van der Waals surface area contributed by atoms with Crippen LogP contribution in [0, 0.1) is 6.92 Å². The number of carbonyl (C=O) groups excluding carboxylic acids is 1. The first-order chi connectivity index (χ1) is 13.1. The van der Waals surface area contributed by atoms with Crippen molar-refractivity contribution in [3.05, 3.63) is 40.7 Å². The third kappa shape index (κ3) is 4.91. The average Bonchev–Trinajstić information content (AvgIpc) is 3.28. The van der Waals surface area contributed by atoms with Crippen LogP contribution >= 0.6 is 11.3 Å². The van der Waals surface area contributed by atoms with E-state index in [0.29, 0.717) is 36.1 Å². The summed E-state index contributed by atoms with van der Waals surface area (Å²) in [6.07, 6.45) is 2.42. The zero-order chi connectivity index (χ0) is 19.2. The van der Waals surface area contributed by atoms with Crippen LogP contribution < -0.4 is 10.1 Å². The van der Waals surface area contributed by atoms with Crippen molar-refractivity contribution in [1.82, 2.24) is 15.1 Å². The number of carbonyl (C=O) groups is 1. The number of methoxy groups -OCH3 is 1. The molecule has 0 aliphatic rings. The number of nitrogens with one attached hydrogen (secondary N) is 1. The number of benzene rings is 1. The fourth-order valence-electron chi connectivity index (χ4n) is 2.61. The highest BCUT2D eigenvalue weighted by molar-refractivity contribution is 7.15. The molecule has 7 nitrogen and oxygen atoms in total. The van der Waals surface area contributed by atoms with E-state index < -0.39 is 0 Å². The molecule has 0 bridgehead atoms. The fourth-order valence-corrected chi connectivity index (χ4v) is 3.52. The Morgan fingerprint density at radius 2 is 2.04 bits per heavy atom. The number of anilines is 1. The van der Waals surface area contributed by atoms with Crippen LogP contribution in [0.1, 0.15) is 36.2 Å². The lowest BCUT2D eigenvalue weighted by Crippen LogP contribution is -2.11. The topological polar surface area (TPSA) is 90.1 Å². The van der Waals surface area contributed by atoms with Crippen LogP contribution in [0.25, 0.3) is 11.4 Å². The van der Waals surface area contributed by atoms with Gasteiger partial charge in [-0.05, 0) is 44.0 Å². The zero-order valence-corrected chi connectivity index (χ0v) is 16.4. The van der Waals surface area contributed by atoms with E-state index in [-0.39, 0.29) is 5.91 Å². The van der Waals surface area contributed by atoms with Gasteiger partial charge in [0.05, 0.1) is 12.8 Å². The Labute approximate surface area is 161 Å². The molecule has 1 N–H and O–H groups in total. The van der Waals surface area contributed by atoms with Gasteiger partial charge in [-0.2, -0.15) is 4.98 Å². The summed E-state index contributed by atoms with van der Waals surface area (Å²) in [5, 5.41) is 7.51. The molecule has 0 unspecified atom stereocenters. The number of hydrogen-bond acceptors (Lipinski definition) is 7. The summed E-state index contributed by atoms with van der Waals surface area (Å²) < 4.78 is 10.4. The van der Waals surface area contributed by atoms with Crippen LogP contribution in [0.3, 0.4) is 0 Å². The number of thiazole rings is 1. The number of aryl methyl sites for hydroxylation is 3. The van der Waals surface area contributed by atoms with Gasteiger partial charge in [0.25, 0.3) is 0 Å². The predicted octanol–water partition coefficient (Wildman–Crippen LogP) is 4.03. The smallest absolute Gasteiger partial charge is 0.226 e. The molecule has 0 fully saturated rings. The molecule has 0 radical (unpaired) electrons. The van der Waals surface area contributed by atoms with Gasteiger partial charge in [-0.25, -0.2) is 4.98 Å². The van der Waals surface area contributed by atoms with Crippen molar-refractivity contribution >= 4 is 22.4 Å². The molecule has 3 aromatic rings. The van der Waals surface area contributed by atoms with Crippen molar-refractivity contribution < 1.29 is 14.1 Å². The maximum absolute atomic E-state index is 12.1. The van der Waals surface area contributed by atoms with E-state index in [4.69, 9.17) is 9.26 Å². The standard InChI is InChI=1S/C19H22N4O3S/c1-4-15-12(2)27-19(20-15)21-16(24)6-5-7-17-22-18(23-26-17)13-8-10-14(25-3)11-9-13/h8-11H,4-7H2,1-3H3,(H,20,21,24). The van der Waals surface area contributed by atoms with Crippen molar-refractivity contribution in [1.29, 1.82) is 0 Å². The number of nitrogens with zero attached hydrogens (tertiary/aromatic N) is 3. The Kier molecular flexibility index (Phi) is 6.18. The Hall–Kier alpha value is -2.74. The van der Waals surface area contributed by atoms with Crippen molar-refractivity contribution in [3.8, 4) is 17.1 Å². The van der Waals surface area contributed by atoms with Crippen molar-refractivity contribution in [2.24, 2.45) is 0 Å². The number of aromatic nitrogens is 3. The van der Waals surface area contributed by atoms with E-state index in [2.05, 4.69) is 27.4 Å². The third-order valence-electron chi connectivity index (χ3n) is 4.08. The number of rotatable bonds is 8. The average molecular weight is 386 g/mol. The van der Waals surface area contributed by atoms with Gasteiger partial charge in [-0.3, -0.25) is 4.79 Å². The van der Waals surface area contributed by atoms with E-state index in [0.717, 1.165) is 28.3 Å². The largest absolute Gasteiger partial charge is 0.497 e. The normalized spacial score (nSPS) is 10.8. The van der Waals surface area contributed by atoms with Gasteiger partial charge < -0.3 is 14.6 Å². The second kappa shape index (κ2) is 8.77. The summed E-state index contributed by atoms with van der Waals surface area (Å²) in [5.74, 6) is 1.77. The quantitative estimate of drug-likeness (QED) is 0.628. The minimum atomic E-state index is -0.0544. The molecule has 1 aromatic carbocycles. The van der Waals surface area contributed by atoms with Crippen LogP contribution in [0.2, 0.25) is 0 Å². The molecule has 0 aliphatic heterocycles. The highest BCUT2D eigenvalue weighted by Gasteiger charge is 2.12. The van der Waals surface area contributed by atoms with Crippen molar-refractivity contribution in [2.75, 3.05) is 12.4 Å². The summed E-state index contributed by atoms with van der Waals surface area (Å²) in [6, 6.07) is 7.45. The molecule has 0 saturated carbocycles. The third-order valence-corrected chi connectivity index (χ3v) is 5.01. The summed E-state index contributed by atoms with van der Waals surface area (Å²) >= 11 is 1.51. The lowest BCUT2D eigenvalue weighted by Gasteiger charge is -2.00. The van der Waals surface area contributed by atoms with Crippen LogP contribution in [-0.4, -0.2) is 28.1 Å². The lowest BCUT2D eigenvalue weighted by molar-refractivity contribution is -0.116. The van der Waals surface area contributed by atoms with Crippen LogP contribution in [-0.2, 0) is 17.6 Å². The van der Waals surface area contributed by atoms with Gasteiger partial charge in [-0.15, -0.1) is 11.3 Å². The molecule has 0 atom stereocenters. The Balaban J connectivity index is 1.48. The van der Waals surface area contributed by atoms with Crippen LogP contribution in [0.5, 0.6) is 5.75 Å². The predicted molar refractivity (Wildman–Crippen MR) is 104 cm³/mol. The van der Waals surface area contributed by atoms with Gasteiger partial charge in [0.1, 0.15) is 5.75 Å². The van der Waals surface area contributed by atoms with Crippen LogP contribution in [0.15, 0.2) is 28.8 Å². The minimum absolute atomic E-state index is 0.0544. The monoisotopic (exact) mass is 386 g/mol. The van der Waals surface area contributed by atoms with E-state index in [9.17, 15) is 4.79 Å². The van der Waals surface area contributed by atoms with Gasteiger partial charge in [-0.1, -0.05) is 12.1 Å². The van der Waals surface area contributed by atoms with E-state index in [1.807, 2.05) is 31.2 Å². The highest BCUT2D eigenvalue weighted by atomic mass is 32.1. The van der Waals surface area contributed by atoms with Crippen molar-refractivity contribution in [3.63, 3.8) is 0 Å². The minimum Gasteiger partial charge on any atom is -0.497 e. The number of ether oxygens (including phenoxy) is 1. The van der Waals surface area contributed by atoms with Gasteiger partial charge in [0, 0.05) is 23.3 Å². The molecular formula is C19H22N4O3S. The molecule has 2 aromatic heterocycles. The molecule has 3 rings (SSSR count). The Morgan fingerprint density at radius 3 is 2.70 bits per heavy atom. The summed E-state index contributed by atoms with van der Waals surface area (Å²) in [4.78, 5) is 22.0. The van der Waals surface area contributed by atoms with Crippen LogP contribution in [0.4, 0.5) is 5.13 Å². The SMILES string of the molecule is CCc1nc(NC(=O)CCCc2nc(-c3ccc(OC)cc3)no2)sc1C. The first-order valence-corrected chi connectivity index (χ1v) is 9.64. The number of hydrogen-bond donors (Lipinski definition) is 1. The van der Waals surface area contributed by atoms with Gasteiger partial charge in [0.2, 0.25) is 17.6 Å². The summed E-state index contributed by atoms with van der Waals surface area (Å²) in [7, 11) is 1.62. The molecule has 0 spiro atoms. The second-order valence-corrected chi connectivity index (χ2v) is 7.22. The van der Waals surface area contributed by atoms with Gasteiger partial charge >= 0.3 is 0 Å². The molecule has 0 saturated heterocycles. The van der Waals surface area contributed by atoms with E-state index >= 15 is 0 Å². The van der Waals surface area contributed by atoms with E-state index in [1.165, 1.54) is 11.3 Å². The maximum atomic E-state index is 12.1. The Morgan fingerprint density at radius 1 is 1.26 bits per heavy atom. The summed E-state index contributed by atoms with van der Waals surface area (Å²) in [5.41, 5.74) is 1.89. The lowest BCUT2D eigenvalue weighted by atomic mass is 10.2. The van der Waals surface area contributed by atoms with Crippen molar-refractivity contribution in [2.45, 2.75) is 39.5 Å². The molecular weight excluding hydrogens is 364 g/mol. The maximum Gasteiger partial charge on any atom is 0.226 e. The molecule has 27 heavy (non-hydrogen) atoms. The summed E-state index contributed by atoms with van der Waals surface area (Å²) in [6.45, 7) is 4.07. The highest BCUT2D eigenvalue weighted by Crippen LogP contribution is 2.23. The molecule has 8 heteroatoms. The Bertz CT molecular complexity index is 902. The first kappa shape index (κ1) is 19.0. The molecule has 2 heterocycles. The number of amides is 1. The molecule has 1 amide bonds. The van der Waals surface area contributed by atoms with Gasteiger partial charge in [0.15, 0.2) is 5.13 Å². The molecule has 0 aliphatic carbocycles. The molecule has 142 valence electrons. The fraction of sp³-hybridized carbons (Fsp3) is 0.368. The second-order valence-electron chi connectivity index (χ2n) is 6.02. The first-order valence-electron chi connectivity index (χ1n) is 8.82. The van der Waals surface area contributed by atoms with E-state index in [1.54, 1.807) is 7.11 Å². The zero-order valence-electron chi connectivity index (χ0n) is 15.6.